The van der Waals surface area contributed by atoms with Crippen molar-refractivity contribution in [1.82, 2.24) is 29.8 Å². The Morgan fingerprint density at radius 3 is 2.42 bits per heavy atom. The van der Waals surface area contributed by atoms with Crippen molar-refractivity contribution in [3.63, 3.8) is 0 Å². The van der Waals surface area contributed by atoms with E-state index in [1.807, 2.05) is 0 Å². The van der Waals surface area contributed by atoms with Gasteiger partial charge in [-0.1, -0.05) is 41.4 Å². The largest absolute Gasteiger partial charge is 0.416 e. The van der Waals surface area contributed by atoms with Crippen molar-refractivity contribution in [2.45, 2.75) is 25.4 Å². The van der Waals surface area contributed by atoms with Crippen LogP contribution >= 0.6 is 23.2 Å². The van der Waals surface area contributed by atoms with Crippen LogP contribution in [0.1, 0.15) is 5.69 Å². The minimum Gasteiger partial charge on any atom is -0.382 e. The summed E-state index contributed by atoms with van der Waals surface area (Å²) in [7, 11) is 0. The van der Waals surface area contributed by atoms with E-state index in [1.54, 1.807) is 24.3 Å². The third-order valence-corrected chi connectivity index (χ3v) is 5.39. The van der Waals surface area contributed by atoms with E-state index in [4.69, 9.17) is 23.2 Å². The zero-order valence-corrected chi connectivity index (χ0v) is 18.1. The van der Waals surface area contributed by atoms with Crippen LogP contribution in [0.2, 0.25) is 10.0 Å². The molecule has 33 heavy (non-hydrogen) atoms. The fourth-order valence-electron chi connectivity index (χ4n) is 3.17. The van der Waals surface area contributed by atoms with Crippen molar-refractivity contribution in [3.8, 4) is 22.6 Å². The van der Waals surface area contributed by atoms with Crippen molar-refractivity contribution in [1.29, 1.82) is 0 Å². The molecule has 0 saturated heterocycles. The van der Waals surface area contributed by atoms with Crippen LogP contribution in [0.5, 0.6) is 0 Å². The second kappa shape index (κ2) is 9.00. The average molecular weight is 499 g/mol. The zero-order valence-electron chi connectivity index (χ0n) is 16.6. The molecule has 0 aliphatic heterocycles. The van der Waals surface area contributed by atoms with Crippen LogP contribution in [-0.4, -0.2) is 47.1 Å². The highest BCUT2D eigenvalue weighted by Gasteiger charge is 2.39. The molecular formula is C20H15Cl2F3N6O2. The molecule has 4 aromatic rings. The van der Waals surface area contributed by atoms with Gasteiger partial charge in [0.15, 0.2) is 11.9 Å². The van der Waals surface area contributed by atoms with Crippen LogP contribution in [-0.2, 0) is 13.1 Å². The van der Waals surface area contributed by atoms with E-state index in [0.717, 1.165) is 9.25 Å². The smallest absolute Gasteiger partial charge is 0.382 e. The fraction of sp³-hybridized carbons (Fsp3) is 0.200. The van der Waals surface area contributed by atoms with Crippen LogP contribution in [0.4, 0.5) is 13.2 Å². The fourth-order valence-corrected chi connectivity index (χ4v) is 3.52. The number of nitrogens with zero attached hydrogens (tertiary/aromatic N) is 5. The highest BCUT2D eigenvalue weighted by Crippen LogP contribution is 2.28. The summed E-state index contributed by atoms with van der Waals surface area (Å²) in [5.74, 6) is -0.0669. The van der Waals surface area contributed by atoms with Crippen molar-refractivity contribution < 1.29 is 18.3 Å². The molecule has 0 saturated carbocycles. The SMILES string of the molecule is O=c1n(Cc2n[nH]nc2-c2ccccc2Cl)nc(-c2ccc(Cl)cc2)n1C[C@H](O)C(F)(F)F. The normalized spacial score (nSPS) is 12.8. The number of nitrogens with one attached hydrogen (secondary N) is 1. The number of aromatic amines is 1. The maximum absolute atomic E-state index is 13.0. The van der Waals surface area contributed by atoms with Gasteiger partial charge in [0.05, 0.1) is 18.1 Å². The van der Waals surface area contributed by atoms with Gasteiger partial charge in [0.2, 0.25) is 0 Å². The molecule has 2 N–H and O–H groups in total. The summed E-state index contributed by atoms with van der Waals surface area (Å²) in [6.45, 7) is -1.23. The van der Waals surface area contributed by atoms with Crippen LogP contribution in [0.3, 0.4) is 0 Å². The number of aliphatic hydroxyl groups is 1. The van der Waals surface area contributed by atoms with E-state index in [9.17, 15) is 23.1 Å². The van der Waals surface area contributed by atoms with Crippen LogP contribution in [0.25, 0.3) is 22.6 Å². The number of aliphatic hydroxyl groups excluding tert-OH is 1. The van der Waals surface area contributed by atoms with E-state index >= 15 is 0 Å². The molecule has 2 heterocycles. The van der Waals surface area contributed by atoms with E-state index in [0.29, 0.717) is 32.6 Å². The van der Waals surface area contributed by atoms with Crippen molar-refractivity contribution >= 4 is 23.2 Å². The first-order valence-corrected chi connectivity index (χ1v) is 10.2. The number of H-pyrrole nitrogens is 1. The molecule has 0 radical (unpaired) electrons. The summed E-state index contributed by atoms with van der Waals surface area (Å²) >= 11 is 12.1. The van der Waals surface area contributed by atoms with Gasteiger partial charge in [-0.3, -0.25) is 4.57 Å². The third kappa shape index (κ3) is 4.80. The average Bonchev–Trinajstić information content (AvgIpc) is 3.34. The summed E-state index contributed by atoms with van der Waals surface area (Å²) in [5, 5.41) is 25.2. The summed E-state index contributed by atoms with van der Waals surface area (Å²) in [6, 6.07) is 12.9. The molecule has 0 amide bonds. The second-order valence-electron chi connectivity index (χ2n) is 7.04. The molecule has 0 spiro atoms. The molecule has 172 valence electrons. The molecule has 1 atom stereocenters. The lowest BCUT2D eigenvalue weighted by molar-refractivity contribution is -0.207. The van der Waals surface area contributed by atoms with Crippen LogP contribution in [0.15, 0.2) is 53.3 Å². The first-order valence-electron chi connectivity index (χ1n) is 9.48. The Kier molecular flexibility index (Phi) is 6.28. The number of benzene rings is 2. The molecular weight excluding hydrogens is 484 g/mol. The van der Waals surface area contributed by atoms with Gasteiger partial charge in [-0.25, -0.2) is 9.48 Å². The monoisotopic (exact) mass is 498 g/mol. The molecule has 0 aliphatic rings. The maximum atomic E-state index is 13.0. The molecule has 0 fully saturated rings. The Morgan fingerprint density at radius 1 is 1.06 bits per heavy atom. The summed E-state index contributed by atoms with van der Waals surface area (Å²) in [5.41, 5.74) is 0.701. The molecule has 13 heteroatoms. The van der Waals surface area contributed by atoms with Gasteiger partial charge in [0, 0.05) is 16.1 Å². The van der Waals surface area contributed by atoms with E-state index < -0.39 is 24.5 Å². The van der Waals surface area contributed by atoms with Gasteiger partial charge in [0.25, 0.3) is 0 Å². The summed E-state index contributed by atoms with van der Waals surface area (Å²) < 4.78 is 40.7. The van der Waals surface area contributed by atoms with Gasteiger partial charge >= 0.3 is 11.9 Å². The Labute approximate surface area is 194 Å². The highest BCUT2D eigenvalue weighted by atomic mass is 35.5. The topological polar surface area (TPSA) is 102 Å². The Morgan fingerprint density at radius 2 is 1.76 bits per heavy atom. The number of rotatable bonds is 6. The van der Waals surface area contributed by atoms with Gasteiger partial charge in [-0.2, -0.15) is 28.6 Å². The second-order valence-corrected chi connectivity index (χ2v) is 7.88. The van der Waals surface area contributed by atoms with Crippen LogP contribution < -0.4 is 5.69 Å². The minimum atomic E-state index is -4.91. The van der Waals surface area contributed by atoms with Crippen molar-refractivity contribution in [2.24, 2.45) is 0 Å². The minimum absolute atomic E-state index is 0.0669. The molecule has 0 unspecified atom stereocenters. The Bertz CT molecular complexity index is 1330. The third-order valence-electron chi connectivity index (χ3n) is 4.81. The molecule has 8 nitrogen and oxygen atoms in total. The Hall–Kier alpha value is -3.15. The first-order chi connectivity index (χ1) is 15.6. The molecule has 0 aliphatic carbocycles. The highest BCUT2D eigenvalue weighted by molar-refractivity contribution is 6.33. The lowest BCUT2D eigenvalue weighted by atomic mass is 10.1. The summed E-state index contributed by atoms with van der Waals surface area (Å²) in [4.78, 5) is 13.0. The van der Waals surface area contributed by atoms with Crippen molar-refractivity contribution in [2.75, 3.05) is 0 Å². The predicted octanol–water partition coefficient (Wildman–Crippen LogP) is 3.78. The number of alkyl halides is 3. The standard InChI is InChI=1S/C20H15Cl2F3N6O2/c21-12-7-5-11(6-8-12)18-28-31(19(33)30(18)10-16(32)20(23,24)25)9-15-17(27-29-26-15)13-3-1-2-4-14(13)22/h1-8,16,32H,9-10H2,(H,26,27,29)/t16-/m0/s1. The van der Waals surface area contributed by atoms with Gasteiger partial charge in [-0.15, -0.1) is 5.10 Å². The van der Waals surface area contributed by atoms with Gasteiger partial charge in [-0.05, 0) is 30.3 Å². The number of aromatic nitrogens is 6. The van der Waals surface area contributed by atoms with E-state index in [2.05, 4.69) is 20.5 Å². The summed E-state index contributed by atoms with van der Waals surface area (Å²) in [6.07, 6.45) is -7.67. The maximum Gasteiger partial charge on any atom is 0.416 e. The quantitative estimate of drug-likeness (QED) is 0.421. The van der Waals surface area contributed by atoms with E-state index in [1.165, 1.54) is 24.3 Å². The van der Waals surface area contributed by atoms with Gasteiger partial charge < -0.3 is 5.11 Å². The van der Waals surface area contributed by atoms with Crippen molar-refractivity contribution in [3.05, 3.63) is 74.8 Å². The molecule has 0 bridgehead atoms. The number of halogens is 5. The molecule has 2 aromatic heterocycles. The predicted molar refractivity (Wildman–Crippen MR) is 115 cm³/mol. The lowest BCUT2D eigenvalue weighted by Gasteiger charge is -2.15. The molecule has 2 aromatic carbocycles. The van der Waals surface area contributed by atoms with Gasteiger partial charge in [0.1, 0.15) is 11.4 Å². The number of hydrogen-bond donors (Lipinski definition) is 2. The van der Waals surface area contributed by atoms with E-state index in [-0.39, 0.29) is 12.4 Å². The molecule has 4 rings (SSSR count). The Balaban J connectivity index is 1.77. The van der Waals surface area contributed by atoms with Crippen LogP contribution in [0, 0.1) is 0 Å². The lowest BCUT2D eigenvalue weighted by Crippen LogP contribution is -2.37. The zero-order chi connectivity index (χ0) is 23.8. The first kappa shape index (κ1) is 23.0. The number of hydrogen-bond acceptors (Lipinski definition) is 5.